The molecule has 0 spiro atoms. The molecule has 2 fully saturated rings. The number of hydrogen-bond acceptors (Lipinski definition) is 2. The molecule has 1 saturated carbocycles. The topological polar surface area (TPSA) is 21.3 Å². The van der Waals surface area contributed by atoms with Crippen molar-refractivity contribution < 1.29 is 4.74 Å². The van der Waals surface area contributed by atoms with E-state index in [-0.39, 0.29) is 0 Å². The van der Waals surface area contributed by atoms with E-state index in [1.807, 2.05) is 0 Å². The van der Waals surface area contributed by atoms with Crippen molar-refractivity contribution >= 4 is 0 Å². The minimum Gasteiger partial charge on any atom is -0.377 e. The van der Waals surface area contributed by atoms with Gasteiger partial charge in [-0.15, -0.1) is 0 Å². The molecule has 82 valence electrons. The van der Waals surface area contributed by atoms with E-state index in [2.05, 4.69) is 12.2 Å². The number of hydrogen-bond donors (Lipinski definition) is 1. The Morgan fingerprint density at radius 3 is 2.93 bits per heavy atom. The fourth-order valence-electron chi connectivity index (χ4n) is 2.14. The van der Waals surface area contributed by atoms with Crippen LogP contribution >= 0.6 is 0 Å². The summed E-state index contributed by atoms with van der Waals surface area (Å²) in [5, 5.41) is 3.56. The molecule has 14 heavy (non-hydrogen) atoms. The molecule has 2 nitrogen and oxygen atoms in total. The van der Waals surface area contributed by atoms with Gasteiger partial charge in [-0.25, -0.2) is 0 Å². The summed E-state index contributed by atoms with van der Waals surface area (Å²) in [7, 11) is 0. The Morgan fingerprint density at radius 2 is 2.21 bits per heavy atom. The predicted molar refractivity (Wildman–Crippen MR) is 58.4 cm³/mol. The number of unbranched alkanes of at least 4 members (excludes halogenated alkanes) is 1. The van der Waals surface area contributed by atoms with E-state index in [9.17, 15) is 0 Å². The molecule has 0 aromatic heterocycles. The van der Waals surface area contributed by atoms with Crippen molar-refractivity contribution in [1.29, 1.82) is 0 Å². The Balaban J connectivity index is 1.56. The van der Waals surface area contributed by atoms with Crippen LogP contribution in [-0.4, -0.2) is 25.3 Å². The number of ether oxygens (including phenoxy) is 1. The van der Waals surface area contributed by atoms with E-state index in [0.29, 0.717) is 6.10 Å². The maximum atomic E-state index is 5.87. The lowest BCUT2D eigenvalue weighted by Crippen LogP contribution is -2.21. The summed E-state index contributed by atoms with van der Waals surface area (Å²) in [6.07, 6.45) is 8.56. The van der Waals surface area contributed by atoms with Crippen LogP contribution in [0.3, 0.4) is 0 Å². The second kappa shape index (κ2) is 5.13. The molecule has 1 heterocycles. The van der Waals surface area contributed by atoms with E-state index in [1.54, 1.807) is 0 Å². The second-order valence-electron chi connectivity index (χ2n) is 4.88. The molecule has 1 aliphatic heterocycles. The van der Waals surface area contributed by atoms with Crippen LogP contribution in [0.15, 0.2) is 0 Å². The molecule has 0 bridgehead atoms. The average molecular weight is 197 g/mol. The molecule has 1 N–H and O–H groups in total. The third-order valence-corrected chi connectivity index (χ3v) is 3.35. The number of rotatable bonds is 6. The average Bonchev–Trinajstić information content (AvgIpc) is 2.92. The highest BCUT2D eigenvalue weighted by Crippen LogP contribution is 2.30. The lowest BCUT2D eigenvalue weighted by atomic mass is 10.1. The van der Waals surface area contributed by atoms with Crippen LogP contribution in [0.5, 0.6) is 0 Å². The predicted octanol–water partition coefficient (Wildman–Crippen LogP) is 2.33. The summed E-state index contributed by atoms with van der Waals surface area (Å²) in [6.45, 7) is 4.37. The highest BCUT2D eigenvalue weighted by atomic mass is 16.5. The summed E-state index contributed by atoms with van der Waals surface area (Å²) in [5.74, 6) is 0.907. The summed E-state index contributed by atoms with van der Waals surface area (Å²) in [4.78, 5) is 0. The molecule has 0 aromatic carbocycles. The van der Waals surface area contributed by atoms with Gasteiger partial charge in [-0.05, 0) is 31.6 Å². The summed E-state index contributed by atoms with van der Waals surface area (Å²) in [5.41, 5.74) is 0. The van der Waals surface area contributed by atoms with Crippen molar-refractivity contribution in [1.82, 2.24) is 5.32 Å². The van der Waals surface area contributed by atoms with Crippen molar-refractivity contribution in [2.24, 2.45) is 5.92 Å². The molecule has 2 heteroatoms. The molecule has 1 saturated heterocycles. The van der Waals surface area contributed by atoms with Gasteiger partial charge in [0.15, 0.2) is 0 Å². The van der Waals surface area contributed by atoms with Crippen LogP contribution in [0.4, 0.5) is 0 Å². The van der Waals surface area contributed by atoms with Gasteiger partial charge < -0.3 is 10.1 Å². The van der Waals surface area contributed by atoms with Crippen LogP contribution in [0.25, 0.3) is 0 Å². The molecule has 0 unspecified atom stereocenters. The lowest BCUT2D eigenvalue weighted by Gasteiger charge is -2.10. The van der Waals surface area contributed by atoms with Gasteiger partial charge >= 0.3 is 0 Å². The molecular formula is C12H23NO. The van der Waals surface area contributed by atoms with Crippen LogP contribution in [0.2, 0.25) is 0 Å². The van der Waals surface area contributed by atoms with Crippen molar-refractivity contribution in [2.45, 2.75) is 57.6 Å². The van der Waals surface area contributed by atoms with Crippen LogP contribution in [-0.2, 0) is 4.74 Å². The molecule has 0 radical (unpaired) electrons. The fraction of sp³-hybridized carbons (Fsp3) is 1.00. The maximum Gasteiger partial charge on any atom is 0.0714 e. The monoisotopic (exact) mass is 197 g/mol. The van der Waals surface area contributed by atoms with E-state index in [4.69, 9.17) is 4.74 Å². The standard InChI is InChI=1S/C12H23NO/c1-2-3-4-11-7-12(8-13-11)14-9-10-5-6-10/h10-13H,2-9H2,1H3/t11-,12+/m0/s1. The van der Waals surface area contributed by atoms with E-state index < -0.39 is 0 Å². The number of nitrogens with one attached hydrogen (secondary N) is 1. The van der Waals surface area contributed by atoms with Gasteiger partial charge in [0.25, 0.3) is 0 Å². The Bertz CT molecular complexity index is 168. The van der Waals surface area contributed by atoms with Crippen LogP contribution in [0, 0.1) is 5.92 Å². The SMILES string of the molecule is CCCC[C@H]1C[C@@H](OCC2CC2)CN1. The Labute approximate surface area is 87.4 Å². The minimum atomic E-state index is 0.512. The highest BCUT2D eigenvalue weighted by Gasteiger charge is 2.27. The first kappa shape index (κ1) is 10.4. The third kappa shape index (κ3) is 3.25. The van der Waals surface area contributed by atoms with Crippen molar-refractivity contribution in [2.75, 3.05) is 13.2 Å². The van der Waals surface area contributed by atoms with Gasteiger partial charge in [-0.2, -0.15) is 0 Å². The zero-order valence-corrected chi connectivity index (χ0v) is 9.30. The van der Waals surface area contributed by atoms with E-state index in [1.165, 1.54) is 38.5 Å². The van der Waals surface area contributed by atoms with E-state index in [0.717, 1.165) is 25.1 Å². The molecule has 0 amide bonds. The van der Waals surface area contributed by atoms with Crippen molar-refractivity contribution in [3.05, 3.63) is 0 Å². The molecular weight excluding hydrogens is 174 g/mol. The summed E-state index contributed by atoms with van der Waals surface area (Å²) in [6, 6.07) is 0.735. The quantitative estimate of drug-likeness (QED) is 0.705. The summed E-state index contributed by atoms with van der Waals surface area (Å²) >= 11 is 0. The van der Waals surface area contributed by atoms with Gasteiger partial charge in [0.1, 0.15) is 0 Å². The first-order valence-corrected chi connectivity index (χ1v) is 6.23. The van der Waals surface area contributed by atoms with Crippen molar-refractivity contribution in [3.63, 3.8) is 0 Å². The van der Waals surface area contributed by atoms with Crippen LogP contribution in [0.1, 0.15) is 45.4 Å². The molecule has 2 aliphatic rings. The first-order valence-electron chi connectivity index (χ1n) is 6.23. The molecule has 2 atom stereocenters. The normalized spacial score (nSPS) is 32.4. The minimum absolute atomic E-state index is 0.512. The molecule has 2 rings (SSSR count). The summed E-state index contributed by atoms with van der Waals surface area (Å²) < 4.78 is 5.87. The van der Waals surface area contributed by atoms with Gasteiger partial charge in [0.2, 0.25) is 0 Å². The second-order valence-corrected chi connectivity index (χ2v) is 4.88. The molecule has 1 aliphatic carbocycles. The highest BCUT2D eigenvalue weighted by molar-refractivity contribution is 4.83. The molecule has 0 aromatic rings. The third-order valence-electron chi connectivity index (χ3n) is 3.35. The van der Waals surface area contributed by atoms with Crippen LogP contribution < -0.4 is 5.32 Å². The Hall–Kier alpha value is -0.0800. The van der Waals surface area contributed by atoms with Crippen molar-refractivity contribution in [3.8, 4) is 0 Å². The first-order chi connectivity index (χ1) is 6.88. The fourth-order valence-corrected chi connectivity index (χ4v) is 2.14. The van der Waals surface area contributed by atoms with Gasteiger partial charge in [0.05, 0.1) is 6.10 Å². The largest absolute Gasteiger partial charge is 0.377 e. The van der Waals surface area contributed by atoms with Gasteiger partial charge in [-0.3, -0.25) is 0 Å². The Morgan fingerprint density at radius 1 is 1.36 bits per heavy atom. The van der Waals surface area contributed by atoms with E-state index >= 15 is 0 Å². The zero-order chi connectivity index (χ0) is 9.80. The Kier molecular flexibility index (Phi) is 3.82. The zero-order valence-electron chi connectivity index (χ0n) is 9.30. The smallest absolute Gasteiger partial charge is 0.0714 e. The van der Waals surface area contributed by atoms with Gasteiger partial charge in [0, 0.05) is 19.2 Å². The van der Waals surface area contributed by atoms with Gasteiger partial charge in [-0.1, -0.05) is 19.8 Å². The maximum absolute atomic E-state index is 5.87. The lowest BCUT2D eigenvalue weighted by molar-refractivity contribution is 0.0576.